The summed E-state index contributed by atoms with van der Waals surface area (Å²) in [6.45, 7) is 8.94. The van der Waals surface area contributed by atoms with E-state index in [1.807, 2.05) is 17.0 Å². The van der Waals surface area contributed by atoms with Crippen molar-refractivity contribution in [2.75, 3.05) is 33.3 Å². The number of rotatable bonds is 5. The molecule has 29 heavy (non-hydrogen) atoms. The van der Waals surface area contributed by atoms with E-state index >= 15 is 0 Å². The summed E-state index contributed by atoms with van der Waals surface area (Å²) in [5.41, 5.74) is 3.62. The van der Waals surface area contributed by atoms with E-state index in [-0.39, 0.29) is 11.9 Å². The zero-order valence-electron chi connectivity index (χ0n) is 17.8. The van der Waals surface area contributed by atoms with Crippen molar-refractivity contribution in [1.29, 1.82) is 0 Å². The van der Waals surface area contributed by atoms with Gasteiger partial charge in [-0.2, -0.15) is 0 Å². The molecule has 5 heteroatoms. The maximum atomic E-state index is 12.7. The van der Waals surface area contributed by atoms with Crippen molar-refractivity contribution < 1.29 is 14.3 Å². The second-order valence-corrected chi connectivity index (χ2v) is 9.35. The number of fused-ring (bicyclic) bond motifs is 1. The van der Waals surface area contributed by atoms with Crippen LogP contribution in [0.15, 0.2) is 35.9 Å². The summed E-state index contributed by atoms with van der Waals surface area (Å²) in [6, 6.07) is 7.34. The van der Waals surface area contributed by atoms with Gasteiger partial charge in [-0.05, 0) is 47.8 Å². The van der Waals surface area contributed by atoms with Crippen molar-refractivity contribution in [2.24, 2.45) is 17.3 Å². The third-order valence-electron chi connectivity index (χ3n) is 7.42. The second-order valence-electron chi connectivity index (χ2n) is 9.35. The molecule has 0 radical (unpaired) electrons. The molecule has 1 aromatic carbocycles. The molecule has 1 amide bonds. The monoisotopic (exact) mass is 396 g/mol. The van der Waals surface area contributed by atoms with Crippen molar-refractivity contribution in [3.05, 3.63) is 47.0 Å². The van der Waals surface area contributed by atoms with E-state index in [1.54, 1.807) is 17.7 Å². The van der Waals surface area contributed by atoms with Crippen LogP contribution in [-0.2, 0) is 16.1 Å². The fraction of sp³-hybridized carbons (Fsp3) is 0.583. The third kappa shape index (κ3) is 3.97. The molecule has 0 N–H and O–H groups in total. The molecular weight excluding hydrogens is 364 g/mol. The number of methoxy groups -OCH3 is 1. The van der Waals surface area contributed by atoms with Gasteiger partial charge in [-0.15, -0.1) is 0 Å². The first-order chi connectivity index (χ1) is 13.9. The van der Waals surface area contributed by atoms with Crippen LogP contribution >= 0.6 is 0 Å². The number of ether oxygens (including phenoxy) is 1. The number of hydrogen-bond acceptors (Lipinski definition) is 4. The third-order valence-corrected chi connectivity index (χ3v) is 7.42. The molecule has 0 spiro atoms. The van der Waals surface area contributed by atoms with Gasteiger partial charge in [0.1, 0.15) is 0 Å². The molecule has 1 aromatic rings. The van der Waals surface area contributed by atoms with E-state index in [4.69, 9.17) is 4.74 Å². The van der Waals surface area contributed by atoms with Crippen molar-refractivity contribution in [2.45, 2.75) is 39.7 Å². The summed E-state index contributed by atoms with van der Waals surface area (Å²) >= 11 is 0. The quantitative estimate of drug-likeness (QED) is 0.565. The van der Waals surface area contributed by atoms with Crippen molar-refractivity contribution >= 4 is 11.9 Å². The Bertz CT molecular complexity index is 812. The van der Waals surface area contributed by atoms with Gasteiger partial charge in [0.15, 0.2) is 0 Å². The number of nitrogens with zero attached hydrogens (tertiary/aromatic N) is 2. The Labute approximate surface area is 173 Å². The Morgan fingerprint density at radius 1 is 1.14 bits per heavy atom. The number of amides is 1. The average molecular weight is 397 g/mol. The first-order valence-corrected chi connectivity index (χ1v) is 10.7. The average Bonchev–Trinajstić information content (AvgIpc) is 2.90. The van der Waals surface area contributed by atoms with Crippen LogP contribution in [-0.4, -0.2) is 55.0 Å². The summed E-state index contributed by atoms with van der Waals surface area (Å²) in [6.07, 6.45) is 5.61. The van der Waals surface area contributed by atoms with E-state index in [0.717, 1.165) is 43.6 Å². The lowest BCUT2D eigenvalue weighted by molar-refractivity contribution is -0.130. The fourth-order valence-corrected chi connectivity index (χ4v) is 5.23. The highest BCUT2D eigenvalue weighted by Crippen LogP contribution is 2.59. The van der Waals surface area contributed by atoms with Gasteiger partial charge in [0.05, 0.1) is 12.7 Å². The minimum Gasteiger partial charge on any atom is -0.465 e. The van der Waals surface area contributed by atoms with Gasteiger partial charge in [0.25, 0.3) is 0 Å². The molecule has 156 valence electrons. The molecule has 2 atom stereocenters. The van der Waals surface area contributed by atoms with Crippen LogP contribution in [0.4, 0.5) is 0 Å². The summed E-state index contributed by atoms with van der Waals surface area (Å²) < 4.78 is 4.74. The number of allylic oxidation sites excluding steroid dienone is 1. The predicted molar refractivity (Wildman–Crippen MR) is 112 cm³/mol. The summed E-state index contributed by atoms with van der Waals surface area (Å²) in [5.74, 6) is 1.47. The topological polar surface area (TPSA) is 49.9 Å². The molecule has 4 aliphatic rings. The number of hydrogen-bond donors (Lipinski definition) is 0. The summed E-state index contributed by atoms with van der Waals surface area (Å²) in [7, 11) is 1.38. The zero-order valence-corrected chi connectivity index (χ0v) is 17.8. The maximum Gasteiger partial charge on any atom is 0.337 e. The van der Waals surface area contributed by atoms with E-state index < -0.39 is 0 Å². The largest absolute Gasteiger partial charge is 0.465 e. The molecule has 3 aliphatic carbocycles. The molecule has 0 aromatic heterocycles. The van der Waals surface area contributed by atoms with Gasteiger partial charge < -0.3 is 9.64 Å². The highest BCUT2D eigenvalue weighted by atomic mass is 16.5. The van der Waals surface area contributed by atoms with Crippen LogP contribution in [0, 0.1) is 17.3 Å². The number of esters is 1. The Hall–Kier alpha value is -2.14. The smallest absolute Gasteiger partial charge is 0.337 e. The van der Waals surface area contributed by atoms with E-state index in [9.17, 15) is 9.59 Å². The molecule has 5 nitrogen and oxygen atoms in total. The van der Waals surface area contributed by atoms with Gasteiger partial charge >= 0.3 is 5.97 Å². The molecule has 2 fully saturated rings. The first-order valence-electron chi connectivity index (χ1n) is 10.7. The van der Waals surface area contributed by atoms with Crippen LogP contribution in [0.2, 0.25) is 0 Å². The minimum atomic E-state index is -0.337. The van der Waals surface area contributed by atoms with Gasteiger partial charge in [-0.1, -0.05) is 37.6 Å². The molecule has 1 saturated carbocycles. The maximum absolute atomic E-state index is 12.7. The van der Waals surface area contributed by atoms with Crippen LogP contribution in [0.1, 0.15) is 49.0 Å². The molecular formula is C24H32N2O3. The second kappa shape index (κ2) is 7.94. The van der Waals surface area contributed by atoms with Crippen LogP contribution in [0.25, 0.3) is 0 Å². The fourth-order valence-electron chi connectivity index (χ4n) is 5.23. The highest BCUT2D eigenvalue weighted by Gasteiger charge is 2.51. The lowest BCUT2D eigenvalue weighted by atomic mass is 9.49. The SMILES string of the molecule is COC(=O)c1ccc(CN2CCN(CC3=CC[C@H]4C[C@@H]3C4(C)C)CCC2=O)cc1. The van der Waals surface area contributed by atoms with Crippen molar-refractivity contribution in [3.8, 4) is 0 Å². The minimum absolute atomic E-state index is 0.214. The Morgan fingerprint density at radius 2 is 1.90 bits per heavy atom. The number of carbonyl (C=O) groups excluding carboxylic acids is 2. The number of benzene rings is 1. The van der Waals surface area contributed by atoms with Crippen molar-refractivity contribution in [1.82, 2.24) is 9.80 Å². The van der Waals surface area contributed by atoms with Crippen LogP contribution < -0.4 is 0 Å². The molecule has 2 bridgehead atoms. The summed E-state index contributed by atoms with van der Waals surface area (Å²) in [4.78, 5) is 28.7. The van der Waals surface area contributed by atoms with Gasteiger partial charge in [0.2, 0.25) is 5.91 Å². The highest BCUT2D eigenvalue weighted by molar-refractivity contribution is 5.89. The molecule has 1 aliphatic heterocycles. The molecule has 1 saturated heterocycles. The Kier molecular flexibility index (Phi) is 5.52. The zero-order chi connectivity index (χ0) is 20.6. The summed E-state index contributed by atoms with van der Waals surface area (Å²) in [5, 5.41) is 0. The molecule has 0 unspecified atom stereocenters. The number of carbonyl (C=O) groups is 2. The predicted octanol–water partition coefficient (Wildman–Crippen LogP) is 3.50. The molecule has 1 heterocycles. The Balaban J connectivity index is 1.34. The van der Waals surface area contributed by atoms with E-state index in [1.165, 1.54) is 20.0 Å². The van der Waals surface area contributed by atoms with Crippen molar-refractivity contribution in [3.63, 3.8) is 0 Å². The van der Waals surface area contributed by atoms with E-state index in [0.29, 0.717) is 23.9 Å². The Morgan fingerprint density at radius 3 is 2.55 bits per heavy atom. The van der Waals surface area contributed by atoms with Crippen LogP contribution in [0.5, 0.6) is 0 Å². The van der Waals surface area contributed by atoms with Gasteiger partial charge in [0, 0.05) is 39.1 Å². The lowest BCUT2D eigenvalue weighted by Crippen LogP contribution is -2.50. The normalized spacial score (nSPS) is 26.4. The first kappa shape index (κ1) is 20.1. The van der Waals surface area contributed by atoms with Gasteiger partial charge in [-0.3, -0.25) is 9.69 Å². The van der Waals surface area contributed by atoms with Gasteiger partial charge in [-0.25, -0.2) is 4.79 Å². The standard InChI is InChI=1S/C24H32N2O3/c1-24(2)20-9-8-19(21(24)14-20)16-25-11-10-22(27)26(13-12-25)15-17-4-6-18(7-5-17)23(28)29-3/h4-8,20-21H,9-16H2,1-3H3/t20-,21-/m0/s1. The van der Waals surface area contributed by atoms with E-state index in [2.05, 4.69) is 24.8 Å². The molecule has 5 rings (SSSR count). The van der Waals surface area contributed by atoms with Crippen LogP contribution in [0.3, 0.4) is 0 Å². The lowest BCUT2D eigenvalue weighted by Gasteiger charge is -2.57.